The molecule has 1 saturated heterocycles. The number of pyridine rings is 1. The number of benzene rings is 3. The Balaban J connectivity index is 1.56. The van der Waals surface area contributed by atoms with Gasteiger partial charge in [0.25, 0.3) is 5.91 Å². The average Bonchev–Trinajstić information content (AvgIpc) is 2.91. The Morgan fingerprint density at radius 1 is 0.946 bits per heavy atom. The lowest BCUT2D eigenvalue weighted by atomic mass is 10.1. The highest BCUT2D eigenvalue weighted by molar-refractivity contribution is 6.30. The number of hydrogen-bond acceptors (Lipinski definition) is 4. The molecule has 5 rings (SSSR count). The van der Waals surface area contributed by atoms with Crippen molar-refractivity contribution in [3.63, 3.8) is 0 Å². The van der Waals surface area contributed by atoms with Gasteiger partial charge in [-0.25, -0.2) is 8.78 Å². The van der Waals surface area contributed by atoms with Crippen molar-refractivity contribution in [1.82, 2.24) is 14.8 Å². The molecule has 1 aliphatic heterocycles. The molecular formula is C28H24ClF2N3O3. The Hall–Kier alpha value is -3.59. The predicted octanol–water partition coefficient (Wildman–Crippen LogP) is 4.68. The minimum absolute atomic E-state index is 0.102. The number of nitrogens with zero attached hydrogens (tertiary/aromatic N) is 2. The molecular weight excluding hydrogens is 500 g/mol. The Bertz CT molecular complexity index is 1520. The molecule has 190 valence electrons. The first-order valence-electron chi connectivity index (χ1n) is 11.9. The highest BCUT2D eigenvalue weighted by Crippen LogP contribution is 2.22. The summed E-state index contributed by atoms with van der Waals surface area (Å²) < 4.78 is 34.7. The molecule has 4 aromatic rings. The SMILES string of the molecule is O=C(NCc1ccc(Cl)cc1)c1cn(-c2ccc(F)c(F)c2)c2ccc(CN3CCOCC3)cc2c1=O. The fourth-order valence-corrected chi connectivity index (χ4v) is 4.51. The average molecular weight is 524 g/mol. The second-order valence-electron chi connectivity index (χ2n) is 8.89. The summed E-state index contributed by atoms with van der Waals surface area (Å²) in [7, 11) is 0. The number of aromatic nitrogens is 1. The molecule has 6 nitrogen and oxygen atoms in total. The molecule has 0 spiro atoms. The number of hydrogen-bond donors (Lipinski definition) is 1. The van der Waals surface area contributed by atoms with Crippen LogP contribution in [-0.2, 0) is 17.8 Å². The molecule has 1 aliphatic rings. The number of halogens is 3. The molecule has 0 atom stereocenters. The number of carbonyl (C=O) groups excluding carboxylic acids is 1. The number of rotatable bonds is 6. The first-order valence-corrected chi connectivity index (χ1v) is 12.2. The van der Waals surface area contributed by atoms with Gasteiger partial charge in [-0.05, 0) is 47.5 Å². The van der Waals surface area contributed by atoms with Gasteiger partial charge in [-0.3, -0.25) is 14.5 Å². The summed E-state index contributed by atoms with van der Waals surface area (Å²) in [6.07, 6.45) is 1.37. The molecule has 1 N–H and O–H groups in total. The van der Waals surface area contributed by atoms with Gasteiger partial charge < -0.3 is 14.6 Å². The topological polar surface area (TPSA) is 63.6 Å². The molecule has 2 heterocycles. The lowest BCUT2D eigenvalue weighted by Gasteiger charge is -2.26. The summed E-state index contributed by atoms with van der Waals surface area (Å²) in [5, 5.41) is 3.66. The third-order valence-corrected chi connectivity index (χ3v) is 6.62. The maximum atomic E-state index is 14.1. The molecule has 1 aromatic heterocycles. The lowest BCUT2D eigenvalue weighted by molar-refractivity contribution is 0.0342. The minimum atomic E-state index is -1.03. The molecule has 0 unspecified atom stereocenters. The molecule has 0 bridgehead atoms. The molecule has 0 saturated carbocycles. The lowest BCUT2D eigenvalue weighted by Crippen LogP contribution is -2.35. The van der Waals surface area contributed by atoms with E-state index in [-0.39, 0.29) is 17.8 Å². The molecule has 1 fully saturated rings. The van der Waals surface area contributed by atoms with Crippen molar-refractivity contribution in [3.05, 3.63) is 110 Å². The van der Waals surface area contributed by atoms with Crippen molar-refractivity contribution in [3.8, 4) is 5.69 Å². The Morgan fingerprint density at radius 3 is 2.41 bits per heavy atom. The summed E-state index contributed by atoms with van der Waals surface area (Å²) in [5.41, 5.74) is 1.95. The van der Waals surface area contributed by atoms with Crippen LogP contribution in [0.3, 0.4) is 0 Å². The summed E-state index contributed by atoms with van der Waals surface area (Å²) in [5.74, 6) is -2.58. The first kappa shape index (κ1) is 25.1. The van der Waals surface area contributed by atoms with E-state index in [0.29, 0.717) is 35.7 Å². The molecule has 0 aliphatic carbocycles. The number of ether oxygens (including phenoxy) is 1. The summed E-state index contributed by atoms with van der Waals surface area (Å²) in [4.78, 5) is 28.9. The maximum Gasteiger partial charge on any atom is 0.257 e. The van der Waals surface area contributed by atoms with Crippen molar-refractivity contribution in [2.24, 2.45) is 0 Å². The highest BCUT2D eigenvalue weighted by Gasteiger charge is 2.18. The Kier molecular flexibility index (Phi) is 7.32. The largest absolute Gasteiger partial charge is 0.379 e. The fourth-order valence-electron chi connectivity index (χ4n) is 4.38. The van der Waals surface area contributed by atoms with E-state index < -0.39 is 23.0 Å². The third kappa shape index (κ3) is 5.56. The fraction of sp³-hybridized carbons (Fsp3) is 0.214. The van der Waals surface area contributed by atoms with Crippen LogP contribution in [0.15, 0.2) is 71.7 Å². The summed E-state index contributed by atoms with van der Waals surface area (Å²) in [6, 6.07) is 15.9. The van der Waals surface area contributed by atoms with E-state index in [2.05, 4.69) is 10.2 Å². The summed E-state index contributed by atoms with van der Waals surface area (Å²) in [6.45, 7) is 3.67. The van der Waals surface area contributed by atoms with E-state index in [1.54, 1.807) is 36.4 Å². The molecule has 1 amide bonds. The van der Waals surface area contributed by atoms with Crippen LogP contribution in [0, 0.1) is 11.6 Å². The first-order chi connectivity index (χ1) is 17.9. The van der Waals surface area contributed by atoms with Crippen LogP contribution < -0.4 is 10.7 Å². The van der Waals surface area contributed by atoms with E-state index in [9.17, 15) is 18.4 Å². The maximum absolute atomic E-state index is 14.1. The van der Waals surface area contributed by atoms with Crippen molar-refractivity contribution in [2.45, 2.75) is 13.1 Å². The van der Waals surface area contributed by atoms with Gasteiger partial charge in [-0.15, -0.1) is 0 Å². The standard InChI is InChI=1S/C28H24ClF2N3O3/c29-20-4-1-18(2-5-20)15-32-28(36)23-17-34(21-6-7-24(30)25(31)14-21)26-8-3-19(13-22(26)27(23)35)16-33-9-11-37-12-10-33/h1-8,13-14,17H,9-12,15-16H2,(H,32,36). The number of amides is 1. The van der Waals surface area contributed by atoms with Gasteiger partial charge in [0, 0.05) is 54.5 Å². The molecule has 0 radical (unpaired) electrons. The van der Waals surface area contributed by atoms with Gasteiger partial charge in [0.15, 0.2) is 11.6 Å². The van der Waals surface area contributed by atoms with Crippen molar-refractivity contribution in [2.75, 3.05) is 26.3 Å². The second-order valence-corrected chi connectivity index (χ2v) is 9.33. The molecule has 3 aromatic carbocycles. The van der Waals surface area contributed by atoms with E-state index in [0.717, 1.165) is 36.3 Å². The zero-order valence-corrected chi connectivity index (χ0v) is 20.6. The van der Waals surface area contributed by atoms with Gasteiger partial charge in [-0.1, -0.05) is 29.8 Å². The zero-order valence-electron chi connectivity index (χ0n) is 19.8. The van der Waals surface area contributed by atoms with Crippen LogP contribution in [0.4, 0.5) is 8.78 Å². The van der Waals surface area contributed by atoms with Crippen LogP contribution in [0.2, 0.25) is 5.02 Å². The van der Waals surface area contributed by atoms with Crippen LogP contribution >= 0.6 is 11.6 Å². The van der Waals surface area contributed by atoms with Crippen LogP contribution in [0.25, 0.3) is 16.6 Å². The summed E-state index contributed by atoms with van der Waals surface area (Å²) >= 11 is 5.93. The Labute approximate surface area is 217 Å². The number of morpholine rings is 1. The van der Waals surface area contributed by atoms with Crippen LogP contribution in [0.1, 0.15) is 21.5 Å². The van der Waals surface area contributed by atoms with Gasteiger partial charge in [0.2, 0.25) is 5.43 Å². The van der Waals surface area contributed by atoms with Crippen molar-refractivity contribution in [1.29, 1.82) is 0 Å². The number of fused-ring (bicyclic) bond motifs is 1. The van der Waals surface area contributed by atoms with Crippen molar-refractivity contribution >= 4 is 28.4 Å². The minimum Gasteiger partial charge on any atom is -0.379 e. The van der Waals surface area contributed by atoms with Gasteiger partial charge in [-0.2, -0.15) is 0 Å². The third-order valence-electron chi connectivity index (χ3n) is 6.37. The zero-order chi connectivity index (χ0) is 25.9. The van der Waals surface area contributed by atoms with Gasteiger partial charge in [0.1, 0.15) is 5.56 Å². The second kappa shape index (κ2) is 10.8. The van der Waals surface area contributed by atoms with Crippen molar-refractivity contribution < 1.29 is 18.3 Å². The molecule has 9 heteroatoms. The number of nitrogens with one attached hydrogen (secondary N) is 1. The van der Waals surface area contributed by atoms with E-state index in [1.165, 1.54) is 16.8 Å². The van der Waals surface area contributed by atoms with Crippen LogP contribution in [0.5, 0.6) is 0 Å². The van der Waals surface area contributed by atoms with E-state index in [4.69, 9.17) is 16.3 Å². The Morgan fingerprint density at radius 2 is 1.68 bits per heavy atom. The van der Waals surface area contributed by atoms with Gasteiger partial charge in [0.05, 0.1) is 18.7 Å². The normalized spacial score (nSPS) is 14.1. The predicted molar refractivity (Wildman–Crippen MR) is 138 cm³/mol. The molecule has 37 heavy (non-hydrogen) atoms. The van der Waals surface area contributed by atoms with E-state index >= 15 is 0 Å². The van der Waals surface area contributed by atoms with Crippen LogP contribution in [-0.4, -0.2) is 41.7 Å². The van der Waals surface area contributed by atoms with E-state index in [1.807, 2.05) is 6.07 Å². The quantitative estimate of drug-likeness (QED) is 0.398. The smallest absolute Gasteiger partial charge is 0.257 e. The highest BCUT2D eigenvalue weighted by atomic mass is 35.5. The van der Waals surface area contributed by atoms with Gasteiger partial charge >= 0.3 is 0 Å². The monoisotopic (exact) mass is 523 g/mol. The number of carbonyl (C=O) groups is 1.